The van der Waals surface area contributed by atoms with E-state index >= 15 is 0 Å². The molecule has 4 aliphatic rings. The molecule has 2 fully saturated rings. The number of allylic oxidation sites excluding steroid dienone is 2. The number of nitrogens with zero attached hydrogens (tertiary/aromatic N) is 6. The fourth-order valence-corrected chi connectivity index (χ4v) is 13.2. The number of carbonyl (C=O) groups excluding carboxylic acids is 3. The summed E-state index contributed by atoms with van der Waals surface area (Å²) >= 11 is 15.0. The third kappa shape index (κ3) is 13.0. The van der Waals surface area contributed by atoms with Gasteiger partial charge in [0.1, 0.15) is 12.1 Å². The van der Waals surface area contributed by atoms with Gasteiger partial charge < -0.3 is 30.0 Å². The highest BCUT2D eigenvalue weighted by Crippen LogP contribution is 2.43. The summed E-state index contributed by atoms with van der Waals surface area (Å²) < 4.78 is 125. The molecular formula is C47H50Cl2F4N8O11S4. The van der Waals surface area contributed by atoms with Crippen LogP contribution in [0, 0.1) is 35.1 Å². The van der Waals surface area contributed by atoms with Crippen LogP contribution in [0.25, 0.3) is 0 Å². The minimum atomic E-state index is -3.90. The van der Waals surface area contributed by atoms with Crippen molar-refractivity contribution in [2.75, 3.05) is 64.6 Å². The zero-order chi connectivity index (χ0) is 55.1. The first-order valence-electron chi connectivity index (χ1n) is 23.5. The number of carbonyl (C=O) groups is 3. The summed E-state index contributed by atoms with van der Waals surface area (Å²) in [6, 6.07) is 2.10. The van der Waals surface area contributed by atoms with Crippen LogP contribution in [0.5, 0.6) is 0 Å². The molecule has 4 aliphatic heterocycles. The highest BCUT2D eigenvalue weighted by Gasteiger charge is 2.42. The molecule has 76 heavy (non-hydrogen) atoms. The number of amidine groups is 2. The molecule has 3 N–H and O–H groups in total. The second-order valence-corrected chi connectivity index (χ2v) is 23.6. The maximum atomic E-state index is 14.5. The molecule has 6 heterocycles. The predicted molar refractivity (Wildman–Crippen MR) is 274 cm³/mol. The van der Waals surface area contributed by atoms with E-state index in [2.05, 4.69) is 35.3 Å². The van der Waals surface area contributed by atoms with Crippen molar-refractivity contribution >= 4 is 95.5 Å². The average Bonchev–Trinajstić information content (AvgIpc) is 4.17. The summed E-state index contributed by atoms with van der Waals surface area (Å²) in [5, 5.41) is 18.9. The first-order valence-corrected chi connectivity index (χ1v) is 29.2. The van der Waals surface area contributed by atoms with Crippen LogP contribution in [-0.2, 0) is 48.6 Å². The molecule has 0 radical (unpaired) electrons. The lowest BCUT2D eigenvalue weighted by Crippen LogP contribution is -2.44. The molecule has 2 atom stereocenters. The van der Waals surface area contributed by atoms with E-state index in [0.29, 0.717) is 45.9 Å². The van der Waals surface area contributed by atoms with Crippen LogP contribution < -0.4 is 10.6 Å². The summed E-state index contributed by atoms with van der Waals surface area (Å²) in [5.41, 5.74) is 1.14. The van der Waals surface area contributed by atoms with Crippen LogP contribution in [0.2, 0.25) is 10.0 Å². The largest absolute Gasteiger partial charge is 0.468 e. The predicted octanol–water partition coefficient (Wildman–Crippen LogP) is 6.21. The molecule has 29 heteroatoms. The Morgan fingerprint density at radius 1 is 0.697 bits per heavy atom. The number of aliphatic imine (C=N–C) groups is 2. The number of hydrogen-bond acceptors (Lipinski definition) is 19. The van der Waals surface area contributed by atoms with E-state index < -0.39 is 95.7 Å². The van der Waals surface area contributed by atoms with Crippen molar-refractivity contribution in [3.8, 4) is 0 Å². The van der Waals surface area contributed by atoms with Gasteiger partial charge in [0, 0.05) is 83.7 Å². The lowest BCUT2D eigenvalue weighted by molar-refractivity contribution is -0.140. The number of hydrogen-bond donors (Lipinski definition) is 3. The minimum Gasteiger partial charge on any atom is -0.468 e. The number of aliphatic hydroxyl groups excluding tert-OH is 1. The number of aliphatic hydroxyl groups is 1. The Labute approximate surface area is 452 Å². The lowest BCUT2D eigenvalue weighted by atomic mass is 9.86. The van der Waals surface area contributed by atoms with E-state index in [1.165, 1.54) is 43.4 Å². The number of benzene rings is 2. The van der Waals surface area contributed by atoms with Crippen LogP contribution >= 0.6 is 45.9 Å². The van der Waals surface area contributed by atoms with E-state index in [0.717, 1.165) is 19.2 Å². The van der Waals surface area contributed by atoms with Gasteiger partial charge in [0.2, 0.25) is 20.0 Å². The fraction of sp³-hybridized carbons (Fsp3) is 0.426. The molecule has 2 aromatic carbocycles. The first-order chi connectivity index (χ1) is 36.2. The first kappa shape index (κ1) is 58.3. The number of rotatable bonds is 16. The number of ether oxygens (including phenoxy) is 3. The third-order valence-corrected chi connectivity index (χ3v) is 18.4. The topological polar surface area (TPSA) is 248 Å². The molecule has 2 saturated heterocycles. The van der Waals surface area contributed by atoms with Crippen molar-refractivity contribution in [1.29, 1.82) is 0 Å². The Morgan fingerprint density at radius 2 is 1.11 bits per heavy atom. The Morgan fingerprint density at radius 3 is 1.46 bits per heavy atom. The maximum absolute atomic E-state index is 14.5. The van der Waals surface area contributed by atoms with Crippen molar-refractivity contribution in [3.63, 3.8) is 0 Å². The van der Waals surface area contributed by atoms with Crippen LogP contribution in [-0.4, -0.2) is 135 Å². The van der Waals surface area contributed by atoms with Gasteiger partial charge in [-0.2, -0.15) is 0 Å². The molecule has 19 nitrogen and oxygen atoms in total. The SMILES string of the molecule is CCOC(=O)C1=C(C2CCN(S(=O)(=O)CC(=O)OC)CC2)NC(c2nccs2)=NC1c1ccc(F)c(F)c1Cl.CCOC(=O)C1=C(C2CCN(S(=O)(=O)CCO)CC2)NC(c2nccs2)=NC1c1ccc(F)c(F)c1Cl. The molecule has 0 bridgehead atoms. The van der Waals surface area contributed by atoms with Gasteiger partial charge in [0.15, 0.2) is 50.7 Å². The van der Waals surface area contributed by atoms with Crippen molar-refractivity contribution in [3.05, 3.63) is 124 Å². The van der Waals surface area contributed by atoms with Crippen LogP contribution in [0.4, 0.5) is 17.6 Å². The van der Waals surface area contributed by atoms with Crippen LogP contribution in [0.15, 0.2) is 79.9 Å². The average molecular weight is 1180 g/mol. The van der Waals surface area contributed by atoms with E-state index in [9.17, 15) is 48.8 Å². The molecule has 8 rings (SSSR count). The maximum Gasteiger partial charge on any atom is 0.338 e. The molecule has 0 spiro atoms. The van der Waals surface area contributed by atoms with E-state index in [4.69, 9.17) is 37.8 Å². The summed E-state index contributed by atoms with van der Waals surface area (Å²) in [6.45, 7) is 3.40. The van der Waals surface area contributed by atoms with Crippen molar-refractivity contribution in [2.24, 2.45) is 21.8 Å². The van der Waals surface area contributed by atoms with Gasteiger partial charge in [0.05, 0.1) is 53.9 Å². The summed E-state index contributed by atoms with van der Waals surface area (Å²) in [4.78, 5) is 55.9. The Bertz CT molecular complexity index is 3170. The monoisotopic (exact) mass is 1180 g/mol. The van der Waals surface area contributed by atoms with E-state index in [1.54, 1.807) is 37.0 Å². The normalized spacial score (nSPS) is 19.2. The van der Waals surface area contributed by atoms with Crippen molar-refractivity contribution < 1.29 is 68.1 Å². The van der Waals surface area contributed by atoms with Gasteiger partial charge in [-0.15, -0.1) is 22.7 Å². The fourth-order valence-electron chi connectivity index (χ4n) is 8.88. The van der Waals surface area contributed by atoms with Crippen molar-refractivity contribution in [1.82, 2.24) is 29.2 Å². The quantitative estimate of drug-likeness (QED) is 0.0488. The number of aromatic nitrogens is 2. The molecule has 2 aromatic heterocycles. The number of thiazole rings is 2. The lowest BCUT2D eigenvalue weighted by Gasteiger charge is -2.36. The number of methoxy groups -OCH3 is 1. The highest BCUT2D eigenvalue weighted by atomic mass is 35.5. The van der Waals surface area contributed by atoms with Gasteiger partial charge in [-0.1, -0.05) is 35.3 Å². The Hall–Kier alpha value is -5.39. The van der Waals surface area contributed by atoms with Gasteiger partial charge in [-0.05, 0) is 51.7 Å². The number of sulfonamides is 2. The third-order valence-electron chi connectivity index (χ3n) is 12.5. The van der Waals surface area contributed by atoms with E-state index in [-0.39, 0.29) is 92.1 Å². The van der Waals surface area contributed by atoms with Gasteiger partial charge >= 0.3 is 17.9 Å². The zero-order valence-electron chi connectivity index (χ0n) is 40.7. The second-order valence-electron chi connectivity index (χ2n) is 17.0. The number of halogens is 6. The minimum absolute atomic E-state index is 0.0428. The van der Waals surface area contributed by atoms with E-state index in [1.807, 2.05) is 0 Å². The molecule has 410 valence electrons. The standard InChI is InChI=1S/C24H25ClF2N4O6S2.C23H25ClF2N4O5S2/c1-3-37-24(33)17-20(13-6-9-31(10-7-13)39(34,35)12-16(32)36-2)29-22(23-28-8-11-38-23)30-21(17)14-4-5-15(26)19(27)18(14)25;1-2-35-23(32)16-19(13-5-8-30(9-6-13)37(33,34)12-10-31)28-21(22-27-7-11-36-22)29-20(16)14-3-4-15(25)18(26)17(14)24/h4-5,8,11,13,21H,3,6-7,9-10,12H2,1-2H3,(H,29,30);3-4,7,11,13,20,31H,2,5-6,8-10,12H2,1H3,(H,28,29). The van der Waals surface area contributed by atoms with Gasteiger partial charge in [-0.3, -0.25) is 14.8 Å². The second kappa shape index (κ2) is 25.4. The number of piperidine rings is 2. The number of nitrogens with one attached hydrogen (secondary N) is 2. The van der Waals surface area contributed by atoms with Gasteiger partial charge in [0.25, 0.3) is 0 Å². The molecule has 0 saturated carbocycles. The summed E-state index contributed by atoms with van der Waals surface area (Å²) in [5.74, 6) is -8.32. The molecule has 4 aromatic rings. The van der Waals surface area contributed by atoms with Crippen LogP contribution in [0.1, 0.15) is 72.8 Å². The molecule has 0 aliphatic carbocycles. The summed E-state index contributed by atoms with van der Waals surface area (Å²) in [7, 11) is -6.40. The van der Waals surface area contributed by atoms with Gasteiger partial charge in [-0.25, -0.2) is 62.6 Å². The molecule has 2 unspecified atom stereocenters. The Balaban J connectivity index is 0.000000221. The summed E-state index contributed by atoms with van der Waals surface area (Å²) in [6.07, 6.45) is 4.44. The Kier molecular flexibility index (Phi) is 19.5. The van der Waals surface area contributed by atoms with Crippen molar-refractivity contribution in [2.45, 2.75) is 51.6 Å². The molecular weight excluding hydrogens is 1130 g/mol. The molecule has 0 amide bonds. The number of esters is 3. The highest BCUT2D eigenvalue weighted by molar-refractivity contribution is 7.89. The zero-order valence-corrected chi connectivity index (χ0v) is 45.5. The van der Waals surface area contributed by atoms with Crippen LogP contribution in [0.3, 0.4) is 0 Å². The smallest absolute Gasteiger partial charge is 0.338 e.